The first-order valence-electron chi connectivity index (χ1n) is 8.57. The van der Waals surface area contributed by atoms with E-state index in [2.05, 4.69) is 20.3 Å². The van der Waals surface area contributed by atoms with E-state index in [1.54, 1.807) is 40.5 Å². The molecule has 0 radical (unpaired) electrons. The molecule has 0 aliphatic rings. The molecule has 0 saturated carbocycles. The molecule has 4 aromatic heterocycles. The summed E-state index contributed by atoms with van der Waals surface area (Å²) in [5.41, 5.74) is 1.97. The molecule has 1 N–H and O–H groups in total. The number of hydrogen-bond acceptors (Lipinski definition) is 5. The van der Waals surface area contributed by atoms with Crippen LogP contribution in [0.2, 0.25) is 0 Å². The summed E-state index contributed by atoms with van der Waals surface area (Å²) in [6.45, 7) is 1.81. The summed E-state index contributed by atoms with van der Waals surface area (Å²) in [5.74, 6) is 0.275. The summed E-state index contributed by atoms with van der Waals surface area (Å²) >= 11 is 0. The van der Waals surface area contributed by atoms with E-state index in [-0.39, 0.29) is 18.0 Å². The van der Waals surface area contributed by atoms with E-state index in [1.165, 1.54) is 25.6 Å². The quantitative estimate of drug-likeness (QED) is 0.567. The van der Waals surface area contributed by atoms with Crippen molar-refractivity contribution >= 4 is 11.3 Å². The minimum Gasteiger partial charge on any atom is -0.478 e. The summed E-state index contributed by atoms with van der Waals surface area (Å²) in [6.07, 6.45) is 5.12. The van der Waals surface area contributed by atoms with Crippen molar-refractivity contribution in [3.8, 4) is 17.1 Å². The van der Waals surface area contributed by atoms with Gasteiger partial charge in [-0.25, -0.2) is 15.0 Å². The van der Waals surface area contributed by atoms with Crippen LogP contribution in [0.15, 0.2) is 43.2 Å². The van der Waals surface area contributed by atoms with Crippen LogP contribution in [0.4, 0.5) is 13.2 Å². The molecule has 28 heavy (non-hydrogen) atoms. The zero-order valence-electron chi connectivity index (χ0n) is 15.1. The number of halogens is 3. The number of imidazole rings is 2. The average Bonchev–Trinajstić information content (AvgIpc) is 3.32. The third-order valence-electron chi connectivity index (χ3n) is 4.39. The summed E-state index contributed by atoms with van der Waals surface area (Å²) in [5, 5.41) is 2.50. The summed E-state index contributed by atoms with van der Waals surface area (Å²) in [6, 6.07) is -0.338. The van der Waals surface area contributed by atoms with Crippen LogP contribution in [0.3, 0.4) is 0 Å². The number of nitrogens with zero attached hydrogens (tertiary/aromatic N) is 5. The van der Waals surface area contributed by atoms with Crippen molar-refractivity contribution in [2.24, 2.45) is 0 Å². The number of fused-ring (bicyclic) bond motifs is 2. The van der Waals surface area contributed by atoms with Crippen LogP contribution in [0.25, 0.3) is 22.6 Å². The Morgan fingerprint density at radius 2 is 1.79 bits per heavy atom. The minimum absolute atomic E-state index is 0.0707. The molecule has 10 heteroatoms. The van der Waals surface area contributed by atoms with Gasteiger partial charge in [-0.3, -0.25) is 0 Å². The molecule has 0 aliphatic heterocycles. The van der Waals surface area contributed by atoms with Gasteiger partial charge in [0.1, 0.15) is 11.7 Å². The molecule has 4 heterocycles. The van der Waals surface area contributed by atoms with E-state index in [4.69, 9.17) is 4.74 Å². The molecular weight excluding hydrogens is 373 g/mol. The van der Waals surface area contributed by atoms with E-state index in [9.17, 15) is 13.2 Å². The predicted molar refractivity (Wildman–Crippen MR) is 96.2 cm³/mol. The Labute approximate surface area is 157 Å². The number of rotatable bonds is 5. The second-order valence-corrected chi connectivity index (χ2v) is 6.17. The normalized spacial score (nSPS) is 13.3. The maximum absolute atomic E-state index is 13.6. The highest BCUT2D eigenvalue weighted by Gasteiger charge is 2.40. The fraction of sp³-hybridized carbons (Fsp3) is 0.278. The summed E-state index contributed by atoms with van der Waals surface area (Å²) in [7, 11) is 1.47. The number of aromatic nitrogens is 5. The third-order valence-corrected chi connectivity index (χ3v) is 4.39. The van der Waals surface area contributed by atoms with Crippen LogP contribution in [0.5, 0.6) is 5.88 Å². The first-order valence-corrected chi connectivity index (χ1v) is 8.57. The molecule has 0 fully saturated rings. The Balaban J connectivity index is 1.95. The van der Waals surface area contributed by atoms with Crippen molar-refractivity contribution in [2.75, 3.05) is 13.7 Å². The highest BCUT2D eigenvalue weighted by atomic mass is 19.4. The number of pyridine rings is 1. The molecular formula is C18H17F3N6O. The Bertz CT molecular complexity index is 1130. The maximum Gasteiger partial charge on any atom is 0.407 e. The third kappa shape index (κ3) is 3.05. The molecule has 0 spiro atoms. The Hall–Kier alpha value is -3.14. The van der Waals surface area contributed by atoms with Gasteiger partial charge >= 0.3 is 6.18 Å². The van der Waals surface area contributed by atoms with Crippen molar-refractivity contribution < 1.29 is 17.9 Å². The Morgan fingerprint density at radius 1 is 1.11 bits per heavy atom. The fourth-order valence-electron chi connectivity index (χ4n) is 3.20. The van der Waals surface area contributed by atoms with Crippen molar-refractivity contribution in [1.29, 1.82) is 0 Å². The fourth-order valence-corrected chi connectivity index (χ4v) is 3.20. The smallest absolute Gasteiger partial charge is 0.407 e. The van der Waals surface area contributed by atoms with Crippen LogP contribution in [-0.4, -0.2) is 43.6 Å². The van der Waals surface area contributed by atoms with E-state index in [1.807, 2.05) is 0 Å². The van der Waals surface area contributed by atoms with Gasteiger partial charge in [-0.1, -0.05) is 6.92 Å². The number of ether oxygens (including phenoxy) is 1. The Kier molecular flexibility index (Phi) is 4.42. The second-order valence-electron chi connectivity index (χ2n) is 6.17. The van der Waals surface area contributed by atoms with E-state index >= 15 is 0 Å². The standard InChI is InChI=1S/C18H17F3N6O/c1-3-22-14(18(19,20)21)11-8-12(15-23-4-6-26(15)9-11)13-10-27-7-5-24-16(27)17(25-13)28-2/h4-10,14,22H,3H2,1-2H3. The Morgan fingerprint density at radius 3 is 2.43 bits per heavy atom. The van der Waals surface area contributed by atoms with Gasteiger partial charge in [0.25, 0.3) is 5.88 Å². The molecule has 0 saturated heterocycles. The summed E-state index contributed by atoms with van der Waals surface area (Å²) in [4.78, 5) is 12.9. The molecule has 0 aliphatic carbocycles. The van der Waals surface area contributed by atoms with Crippen molar-refractivity contribution in [1.82, 2.24) is 29.1 Å². The maximum atomic E-state index is 13.6. The lowest BCUT2D eigenvalue weighted by Gasteiger charge is -2.22. The van der Waals surface area contributed by atoms with Crippen LogP contribution in [-0.2, 0) is 0 Å². The van der Waals surface area contributed by atoms with Gasteiger partial charge in [-0.2, -0.15) is 13.2 Å². The molecule has 4 rings (SSSR count). The largest absolute Gasteiger partial charge is 0.478 e. The number of hydrogen-bond donors (Lipinski definition) is 1. The van der Waals surface area contributed by atoms with Crippen molar-refractivity contribution in [3.05, 3.63) is 48.8 Å². The topological polar surface area (TPSA) is 68.8 Å². The van der Waals surface area contributed by atoms with Crippen molar-refractivity contribution in [3.63, 3.8) is 0 Å². The van der Waals surface area contributed by atoms with E-state index < -0.39 is 12.2 Å². The molecule has 0 amide bonds. The highest BCUT2D eigenvalue weighted by Crippen LogP contribution is 2.35. The predicted octanol–water partition coefficient (Wildman–Crippen LogP) is 3.27. The van der Waals surface area contributed by atoms with Gasteiger partial charge in [0.2, 0.25) is 0 Å². The number of nitrogens with one attached hydrogen (secondary N) is 1. The van der Waals surface area contributed by atoms with Gasteiger partial charge in [-0.05, 0) is 18.2 Å². The number of alkyl halides is 3. The van der Waals surface area contributed by atoms with Gasteiger partial charge in [0.15, 0.2) is 5.65 Å². The SMILES string of the molecule is CCNC(c1cc(-c2cn3ccnc3c(OC)n2)c2nccn2c1)C(F)(F)F. The first-order chi connectivity index (χ1) is 13.4. The molecule has 0 aromatic carbocycles. The molecule has 7 nitrogen and oxygen atoms in total. The lowest BCUT2D eigenvalue weighted by Crippen LogP contribution is -2.34. The van der Waals surface area contributed by atoms with Crippen molar-refractivity contribution in [2.45, 2.75) is 19.1 Å². The lowest BCUT2D eigenvalue weighted by atomic mass is 10.0. The average molecular weight is 390 g/mol. The lowest BCUT2D eigenvalue weighted by molar-refractivity contribution is -0.157. The van der Waals surface area contributed by atoms with Crippen LogP contribution in [0.1, 0.15) is 18.5 Å². The van der Waals surface area contributed by atoms with Crippen LogP contribution >= 0.6 is 0 Å². The molecule has 1 atom stereocenters. The molecule has 0 bridgehead atoms. The highest BCUT2D eigenvalue weighted by molar-refractivity contribution is 5.76. The van der Waals surface area contributed by atoms with Crippen LogP contribution in [0, 0.1) is 0 Å². The second kappa shape index (κ2) is 6.79. The first kappa shape index (κ1) is 18.2. The summed E-state index contributed by atoms with van der Waals surface area (Å²) < 4.78 is 49.4. The van der Waals surface area contributed by atoms with Gasteiger partial charge in [-0.15, -0.1) is 0 Å². The zero-order chi connectivity index (χ0) is 19.9. The van der Waals surface area contributed by atoms with Gasteiger partial charge in [0, 0.05) is 42.7 Å². The van der Waals surface area contributed by atoms with Gasteiger partial charge < -0.3 is 18.9 Å². The number of methoxy groups -OCH3 is 1. The zero-order valence-corrected chi connectivity index (χ0v) is 15.1. The monoisotopic (exact) mass is 390 g/mol. The molecule has 146 valence electrons. The molecule has 1 unspecified atom stereocenters. The van der Waals surface area contributed by atoms with E-state index in [0.717, 1.165) is 0 Å². The molecule has 4 aromatic rings. The van der Waals surface area contributed by atoms with Gasteiger partial charge in [0.05, 0.1) is 12.8 Å². The minimum atomic E-state index is -4.44. The van der Waals surface area contributed by atoms with E-state index in [0.29, 0.717) is 22.6 Å². The van der Waals surface area contributed by atoms with Crippen LogP contribution < -0.4 is 10.1 Å².